The van der Waals surface area contributed by atoms with Gasteiger partial charge in [-0.15, -0.1) is 0 Å². The summed E-state index contributed by atoms with van der Waals surface area (Å²) in [6.07, 6.45) is 0.366. The molecular formula is C13H16BrClN2O3. The fraction of sp³-hybridized carbons (Fsp3) is 0.385. The van der Waals surface area contributed by atoms with E-state index in [0.29, 0.717) is 21.6 Å². The van der Waals surface area contributed by atoms with Crippen LogP contribution >= 0.6 is 27.5 Å². The summed E-state index contributed by atoms with van der Waals surface area (Å²) in [4.78, 5) is 22.9. The third-order valence-corrected chi connectivity index (χ3v) is 3.38. The van der Waals surface area contributed by atoms with Crippen LogP contribution in [0.3, 0.4) is 0 Å². The summed E-state index contributed by atoms with van der Waals surface area (Å²) < 4.78 is 0.621. The van der Waals surface area contributed by atoms with Crippen molar-refractivity contribution in [3.63, 3.8) is 0 Å². The van der Waals surface area contributed by atoms with E-state index in [-0.39, 0.29) is 5.92 Å². The van der Waals surface area contributed by atoms with Gasteiger partial charge in [-0.25, -0.2) is 9.59 Å². The fourth-order valence-corrected chi connectivity index (χ4v) is 2.38. The van der Waals surface area contributed by atoms with E-state index in [9.17, 15) is 9.59 Å². The summed E-state index contributed by atoms with van der Waals surface area (Å²) in [5.74, 6) is -0.886. The first-order valence-electron chi connectivity index (χ1n) is 6.05. The van der Waals surface area contributed by atoms with E-state index in [1.807, 2.05) is 13.8 Å². The standard InChI is InChI=1S/C13H16BrClN2O3/c1-7(2)5-11(12(18)19)17-13(20)16-10-4-3-8(15)6-9(10)14/h3-4,6-7,11H,5H2,1-2H3,(H,18,19)(H2,16,17,20). The van der Waals surface area contributed by atoms with Crippen molar-refractivity contribution in [2.75, 3.05) is 5.32 Å². The van der Waals surface area contributed by atoms with Crippen LogP contribution in [0.25, 0.3) is 0 Å². The maximum Gasteiger partial charge on any atom is 0.326 e. The topological polar surface area (TPSA) is 78.4 Å². The Morgan fingerprint density at radius 3 is 2.55 bits per heavy atom. The highest BCUT2D eigenvalue weighted by Gasteiger charge is 2.21. The van der Waals surface area contributed by atoms with E-state index in [1.54, 1.807) is 18.2 Å². The van der Waals surface area contributed by atoms with Crippen LogP contribution in [0.15, 0.2) is 22.7 Å². The molecule has 110 valence electrons. The van der Waals surface area contributed by atoms with Gasteiger partial charge < -0.3 is 15.7 Å². The number of benzene rings is 1. The molecule has 0 aliphatic carbocycles. The third-order valence-electron chi connectivity index (χ3n) is 2.49. The number of urea groups is 1. The number of carbonyl (C=O) groups excluding carboxylic acids is 1. The molecule has 0 radical (unpaired) electrons. The monoisotopic (exact) mass is 362 g/mol. The lowest BCUT2D eigenvalue weighted by Gasteiger charge is -2.17. The number of amides is 2. The molecule has 0 heterocycles. The van der Waals surface area contributed by atoms with Crippen molar-refractivity contribution in [1.29, 1.82) is 0 Å². The van der Waals surface area contributed by atoms with Crippen LogP contribution in [0, 0.1) is 5.92 Å². The first-order valence-corrected chi connectivity index (χ1v) is 7.22. The van der Waals surface area contributed by atoms with Crippen molar-refractivity contribution in [3.05, 3.63) is 27.7 Å². The Bertz CT molecular complexity index is 508. The molecule has 0 bridgehead atoms. The van der Waals surface area contributed by atoms with Gasteiger partial charge in [-0.2, -0.15) is 0 Å². The molecule has 20 heavy (non-hydrogen) atoms. The lowest BCUT2D eigenvalue weighted by Crippen LogP contribution is -2.43. The summed E-state index contributed by atoms with van der Waals surface area (Å²) in [5.41, 5.74) is 0.514. The molecule has 1 rings (SSSR count). The van der Waals surface area contributed by atoms with Gasteiger partial charge in [0, 0.05) is 9.50 Å². The number of rotatable bonds is 5. The predicted octanol–water partition coefficient (Wildman–Crippen LogP) is 3.72. The second-order valence-electron chi connectivity index (χ2n) is 4.74. The number of hydrogen-bond acceptors (Lipinski definition) is 2. The first kappa shape index (κ1) is 16.8. The average molecular weight is 364 g/mol. The van der Waals surface area contributed by atoms with Crippen LogP contribution in [0.1, 0.15) is 20.3 Å². The largest absolute Gasteiger partial charge is 0.480 e. The maximum absolute atomic E-state index is 11.8. The average Bonchev–Trinajstić information content (AvgIpc) is 2.31. The number of nitrogens with one attached hydrogen (secondary N) is 2. The molecule has 0 aromatic heterocycles. The van der Waals surface area contributed by atoms with Crippen molar-refractivity contribution in [2.45, 2.75) is 26.3 Å². The lowest BCUT2D eigenvalue weighted by molar-refractivity contribution is -0.139. The Labute approximate surface area is 130 Å². The molecule has 0 aliphatic heterocycles. The van der Waals surface area contributed by atoms with E-state index in [2.05, 4.69) is 26.6 Å². The number of anilines is 1. The van der Waals surface area contributed by atoms with Crippen LogP contribution < -0.4 is 10.6 Å². The molecule has 0 aliphatic rings. The van der Waals surface area contributed by atoms with Crippen molar-refractivity contribution in [1.82, 2.24) is 5.32 Å². The number of carboxylic acid groups (broad SMARTS) is 1. The minimum atomic E-state index is -1.05. The fourth-order valence-electron chi connectivity index (χ4n) is 1.60. The van der Waals surface area contributed by atoms with Crippen LogP contribution in [0.2, 0.25) is 5.02 Å². The van der Waals surface area contributed by atoms with Gasteiger partial charge in [-0.1, -0.05) is 25.4 Å². The van der Waals surface area contributed by atoms with E-state index in [1.165, 1.54) is 0 Å². The molecule has 1 aromatic rings. The zero-order valence-corrected chi connectivity index (χ0v) is 13.5. The van der Waals surface area contributed by atoms with Gasteiger partial charge in [0.2, 0.25) is 0 Å². The van der Waals surface area contributed by atoms with Crippen LogP contribution in [0.5, 0.6) is 0 Å². The summed E-state index contributed by atoms with van der Waals surface area (Å²) in [6.45, 7) is 3.79. The van der Waals surface area contributed by atoms with Crippen molar-refractivity contribution < 1.29 is 14.7 Å². The van der Waals surface area contributed by atoms with Gasteiger partial charge in [0.15, 0.2) is 0 Å². The molecule has 0 fully saturated rings. The summed E-state index contributed by atoms with van der Waals surface area (Å²) in [5, 5.41) is 14.6. The molecule has 5 nitrogen and oxygen atoms in total. The number of hydrogen-bond donors (Lipinski definition) is 3. The molecule has 1 aromatic carbocycles. The molecule has 2 amide bonds. The zero-order chi connectivity index (χ0) is 15.3. The van der Waals surface area contributed by atoms with Crippen LogP contribution in [-0.2, 0) is 4.79 Å². The molecule has 7 heteroatoms. The van der Waals surface area contributed by atoms with Gasteiger partial charge >= 0.3 is 12.0 Å². The SMILES string of the molecule is CC(C)CC(NC(=O)Nc1ccc(Cl)cc1Br)C(=O)O. The third kappa shape index (κ3) is 5.38. The highest BCUT2D eigenvalue weighted by molar-refractivity contribution is 9.10. The predicted molar refractivity (Wildman–Crippen MR) is 82.2 cm³/mol. The van der Waals surface area contributed by atoms with Gasteiger partial charge in [0.1, 0.15) is 6.04 Å². The van der Waals surface area contributed by atoms with Crippen molar-refractivity contribution in [3.8, 4) is 0 Å². The van der Waals surface area contributed by atoms with Crippen molar-refractivity contribution >= 4 is 45.2 Å². The van der Waals surface area contributed by atoms with Gasteiger partial charge in [0.05, 0.1) is 5.69 Å². The Kier molecular flexibility index (Phi) is 6.29. The number of halogens is 2. The summed E-state index contributed by atoms with van der Waals surface area (Å²) in [7, 11) is 0. The highest BCUT2D eigenvalue weighted by atomic mass is 79.9. The molecule has 1 unspecified atom stereocenters. The number of carbonyl (C=O) groups is 2. The van der Waals surface area contributed by atoms with E-state index >= 15 is 0 Å². The molecular weight excluding hydrogens is 348 g/mol. The minimum Gasteiger partial charge on any atom is -0.480 e. The number of carboxylic acids is 1. The summed E-state index contributed by atoms with van der Waals surface area (Å²) >= 11 is 9.07. The minimum absolute atomic E-state index is 0.165. The lowest BCUT2D eigenvalue weighted by atomic mass is 10.0. The molecule has 3 N–H and O–H groups in total. The highest BCUT2D eigenvalue weighted by Crippen LogP contribution is 2.25. The molecule has 0 spiro atoms. The van der Waals surface area contributed by atoms with Gasteiger partial charge in [0.25, 0.3) is 0 Å². The maximum atomic E-state index is 11.8. The van der Waals surface area contributed by atoms with Crippen LogP contribution in [-0.4, -0.2) is 23.1 Å². The second-order valence-corrected chi connectivity index (χ2v) is 6.03. The molecule has 1 atom stereocenters. The quantitative estimate of drug-likeness (QED) is 0.746. The van der Waals surface area contributed by atoms with E-state index in [4.69, 9.17) is 16.7 Å². The van der Waals surface area contributed by atoms with Gasteiger partial charge in [-0.05, 0) is 46.5 Å². The Balaban J connectivity index is 2.68. The van der Waals surface area contributed by atoms with Crippen LogP contribution in [0.4, 0.5) is 10.5 Å². The number of aliphatic carboxylic acids is 1. The van der Waals surface area contributed by atoms with E-state index in [0.717, 1.165) is 0 Å². The first-order chi connectivity index (χ1) is 9.29. The Hall–Kier alpha value is -1.27. The van der Waals surface area contributed by atoms with E-state index < -0.39 is 18.0 Å². The molecule has 0 saturated carbocycles. The summed E-state index contributed by atoms with van der Waals surface area (Å²) in [6, 6.07) is 3.41. The Morgan fingerprint density at radius 2 is 2.05 bits per heavy atom. The second kappa shape index (κ2) is 7.50. The normalized spacial score (nSPS) is 12.1. The smallest absolute Gasteiger partial charge is 0.326 e. The Morgan fingerprint density at radius 1 is 1.40 bits per heavy atom. The zero-order valence-electron chi connectivity index (χ0n) is 11.1. The molecule has 0 saturated heterocycles. The van der Waals surface area contributed by atoms with Gasteiger partial charge in [-0.3, -0.25) is 0 Å². The van der Waals surface area contributed by atoms with Crippen molar-refractivity contribution in [2.24, 2.45) is 5.92 Å².